The number of rotatable bonds is 7. The predicted molar refractivity (Wildman–Crippen MR) is 90.3 cm³/mol. The zero-order valence-corrected chi connectivity index (χ0v) is 14.2. The number of amides is 2. The number of ether oxygens (including phenoxy) is 1. The first-order valence-corrected chi connectivity index (χ1v) is 8.39. The smallest absolute Gasteiger partial charge is 0.317 e. The third-order valence-corrected chi connectivity index (χ3v) is 4.72. The number of aromatic nitrogens is 1. The van der Waals surface area contributed by atoms with Crippen LogP contribution >= 0.6 is 11.3 Å². The van der Waals surface area contributed by atoms with Crippen molar-refractivity contribution in [3.8, 4) is 0 Å². The molecule has 1 heterocycles. The lowest BCUT2D eigenvalue weighted by atomic mass is 10.3. The molecule has 0 bridgehead atoms. The Bertz CT molecular complexity index is 581. The number of hydrogen-bond acceptors (Lipinski definition) is 4. The first-order valence-electron chi connectivity index (χ1n) is 7.57. The number of thiazole rings is 1. The van der Waals surface area contributed by atoms with Gasteiger partial charge >= 0.3 is 6.03 Å². The van der Waals surface area contributed by atoms with Crippen LogP contribution in [-0.2, 0) is 4.74 Å². The minimum atomic E-state index is -0.0803. The minimum Gasteiger partial charge on any atom is -0.382 e. The molecule has 0 aliphatic rings. The van der Waals surface area contributed by atoms with Crippen molar-refractivity contribution >= 4 is 27.6 Å². The highest BCUT2D eigenvalue weighted by molar-refractivity contribution is 7.18. The maximum atomic E-state index is 12.2. The van der Waals surface area contributed by atoms with Crippen LogP contribution in [0.25, 0.3) is 10.2 Å². The van der Waals surface area contributed by atoms with Gasteiger partial charge in [0.2, 0.25) is 0 Å². The Morgan fingerprint density at radius 2 is 2.23 bits per heavy atom. The van der Waals surface area contributed by atoms with Crippen LogP contribution in [0.15, 0.2) is 24.3 Å². The van der Waals surface area contributed by atoms with Gasteiger partial charge in [0.05, 0.1) is 16.3 Å². The summed E-state index contributed by atoms with van der Waals surface area (Å²) in [5, 5.41) is 3.86. The van der Waals surface area contributed by atoms with E-state index in [9.17, 15) is 4.79 Å². The molecule has 1 N–H and O–H groups in total. The van der Waals surface area contributed by atoms with Crippen LogP contribution < -0.4 is 5.32 Å². The molecule has 0 saturated heterocycles. The summed E-state index contributed by atoms with van der Waals surface area (Å²) in [4.78, 5) is 18.5. The summed E-state index contributed by atoms with van der Waals surface area (Å²) in [5.41, 5.74) is 0.986. The van der Waals surface area contributed by atoms with Gasteiger partial charge in [-0.2, -0.15) is 0 Å². The second-order valence-electron chi connectivity index (χ2n) is 5.09. The highest BCUT2D eigenvalue weighted by Gasteiger charge is 2.20. The quantitative estimate of drug-likeness (QED) is 0.795. The predicted octanol–water partition coefficient (Wildman–Crippen LogP) is 3.43. The van der Waals surface area contributed by atoms with E-state index < -0.39 is 0 Å². The van der Waals surface area contributed by atoms with Crippen molar-refractivity contribution in [1.29, 1.82) is 0 Å². The Balaban J connectivity index is 1.90. The molecule has 1 aromatic heterocycles. The van der Waals surface area contributed by atoms with Gasteiger partial charge in [-0.3, -0.25) is 0 Å². The number of nitrogens with one attached hydrogen (secondary N) is 1. The summed E-state index contributed by atoms with van der Waals surface area (Å²) in [6, 6.07) is 7.90. The number of hydrogen-bond donors (Lipinski definition) is 1. The fourth-order valence-corrected chi connectivity index (χ4v) is 3.11. The van der Waals surface area contributed by atoms with E-state index in [4.69, 9.17) is 4.74 Å². The molecule has 0 unspecified atom stereocenters. The number of carbonyl (C=O) groups excluding carboxylic acids is 1. The Morgan fingerprint density at radius 3 is 2.95 bits per heavy atom. The van der Waals surface area contributed by atoms with Crippen molar-refractivity contribution in [3.63, 3.8) is 0 Å². The van der Waals surface area contributed by atoms with Gasteiger partial charge in [-0.25, -0.2) is 9.78 Å². The molecule has 120 valence electrons. The average molecular weight is 321 g/mol. The van der Waals surface area contributed by atoms with Crippen molar-refractivity contribution in [2.24, 2.45) is 0 Å². The summed E-state index contributed by atoms with van der Waals surface area (Å²) in [7, 11) is 1.80. The lowest BCUT2D eigenvalue weighted by Crippen LogP contribution is -2.39. The van der Waals surface area contributed by atoms with Gasteiger partial charge in [-0.1, -0.05) is 12.1 Å². The van der Waals surface area contributed by atoms with Crippen LogP contribution in [0.1, 0.15) is 31.3 Å². The normalized spacial score (nSPS) is 12.3. The van der Waals surface area contributed by atoms with Gasteiger partial charge in [-0.05, 0) is 32.4 Å². The fourth-order valence-electron chi connectivity index (χ4n) is 2.05. The Hall–Kier alpha value is -1.66. The molecule has 1 atom stereocenters. The van der Waals surface area contributed by atoms with Gasteiger partial charge in [0.15, 0.2) is 0 Å². The van der Waals surface area contributed by atoms with E-state index in [1.54, 1.807) is 23.3 Å². The molecule has 6 heteroatoms. The Kier molecular flexibility index (Phi) is 6.15. The van der Waals surface area contributed by atoms with Crippen LogP contribution in [-0.4, -0.2) is 42.7 Å². The monoisotopic (exact) mass is 321 g/mol. The largest absolute Gasteiger partial charge is 0.382 e. The average Bonchev–Trinajstić information content (AvgIpc) is 2.97. The lowest BCUT2D eigenvalue weighted by Gasteiger charge is -2.23. The second kappa shape index (κ2) is 8.10. The summed E-state index contributed by atoms with van der Waals surface area (Å²) >= 11 is 1.63. The van der Waals surface area contributed by atoms with E-state index in [0.29, 0.717) is 19.8 Å². The standard InChI is InChI=1S/C16H23N3O2S/c1-4-21-11-7-10-17-16(20)19(3)12(2)15-18-13-8-5-6-9-14(13)22-15/h5-6,8-9,12H,4,7,10-11H2,1-3H3,(H,17,20)/t12-/m0/s1. The number of nitrogens with zero attached hydrogens (tertiary/aromatic N) is 2. The molecule has 0 saturated carbocycles. The third-order valence-electron chi connectivity index (χ3n) is 3.51. The van der Waals surface area contributed by atoms with Gasteiger partial charge < -0.3 is 15.0 Å². The topological polar surface area (TPSA) is 54.5 Å². The maximum absolute atomic E-state index is 12.2. The fraction of sp³-hybridized carbons (Fsp3) is 0.500. The number of carbonyl (C=O) groups is 1. The zero-order chi connectivity index (χ0) is 15.9. The molecule has 5 nitrogen and oxygen atoms in total. The van der Waals surface area contributed by atoms with Crippen molar-refractivity contribution < 1.29 is 9.53 Å². The lowest BCUT2D eigenvalue weighted by molar-refractivity contribution is 0.143. The molecule has 1 aromatic carbocycles. The first kappa shape index (κ1) is 16.7. The SMILES string of the molecule is CCOCCCNC(=O)N(C)[C@@H](C)c1nc2ccccc2s1. The summed E-state index contributed by atoms with van der Waals surface area (Å²) in [6.07, 6.45) is 0.822. The molecule has 0 spiro atoms. The van der Waals surface area contributed by atoms with E-state index in [1.165, 1.54) is 0 Å². The molecule has 0 fully saturated rings. The summed E-state index contributed by atoms with van der Waals surface area (Å²) in [6.45, 7) is 5.97. The van der Waals surface area contributed by atoms with Crippen molar-refractivity contribution in [3.05, 3.63) is 29.3 Å². The number of urea groups is 1. The first-order chi connectivity index (χ1) is 10.6. The highest BCUT2D eigenvalue weighted by Crippen LogP contribution is 2.28. The summed E-state index contributed by atoms with van der Waals surface area (Å²) < 4.78 is 6.40. The number of benzene rings is 1. The Labute approximate surface area is 135 Å². The molecular weight excluding hydrogens is 298 g/mol. The Morgan fingerprint density at radius 1 is 1.45 bits per heavy atom. The van der Waals surface area contributed by atoms with Crippen molar-refractivity contribution in [2.45, 2.75) is 26.3 Å². The van der Waals surface area contributed by atoms with Crippen molar-refractivity contribution in [2.75, 3.05) is 26.8 Å². The van der Waals surface area contributed by atoms with E-state index >= 15 is 0 Å². The minimum absolute atomic E-state index is 0.0516. The van der Waals surface area contributed by atoms with E-state index in [2.05, 4.69) is 16.4 Å². The third kappa shape index (κ3) is 4.18. The number of para-hydroxylation sites is 1. The highest BCUT2D eigenvalue weighted by atomic mass is 32.1. The van der Waals surface area contributed by atoms with E-state index in [0.717, 1.165) is 21.6 Å². The second-order valence-corrected chi connectivity index (χ2v) is 6.15. The van der Waals surface area contributed by atoms with Crippen LogP contribution in [0.2, 0.25) is 0 Å². The van der Waals surface area contributed by atoms with Gasteiger partial charge in [0.25, 0.3) is 0 Å². The van der Waals surface area contributed by atoms with Gasteiger partial charge in [-0.15, -0.1) is 11.3 Å². The van der Waals surface area contributed by atoms with Crippen LogP contribution in [0.5, 0.6) is 0 Å². The van der Waals surface area contributed by atoms with Gasteiger partial charge in [0.1, 0.15) is 5.01 Å². The molecule has 2 amide bonds. The van der Waals surface area contributed by atoms with Crippen molar-refractivity contribution in [1.82, 2.24) is 15.2 Å². The number of fused-ring (bicyclic) bond motifs is 1. The summed E-state index contributed by atoms with van der Waals surface area (Å²) in [5.74, 6) is 0. The molecule has 0 aliphatic carbocycles. The molecule has 0 radical (unpaired) electrons. The molecular formula is C16H23N3O2S. The maximum Gasteiger partial charge on any atom is 0.317 e. The van der Waals surface area contributed by atoms with Gasteiger partial charge in [0, 0.05) is 26.8 Å². The van der Waals surface area contributed by atoms with E-state index in [1.807, 2.05) is 32.0 Å². The zero-order valence-electron chi connectivity index (χ0n) is 13.3. The van der Waals surface area contributed by atoms with Crippen LogP contribution in [0, 0.1) is 0 Å². The molecule has 22 heavy (non-hydrogen) atoms. The van der Waals surface area contributed by atoms with Crippen LogP contribution in [0.4, 0.5) is 4.79 Å². The van der Waals surface area contributed by atoms with E-state index in [-0.39, 0.29) is 12.1 Å². The molecule has 0 aliphatic heterocycles. The molecule has 2 rings (SSSR count). The molecule has 2 aromatic rings. The van der Waals surface area contributed by atoms with Crippen LogP contribution in [0.3, 0.4) is 0 Å².